The quantitative estimate of drug-likeness (QED) is 0.750. The first-order chi connectivity index (χ1) is 12.0. The number of esters is 1. The van der Waals surface area contributed by atoms with Gasteiger partial charge in [-0.3, -0.25) is 4.79 Å². The fourth-order valence-electron chi connectivity index (χ4n) is 2.47. The Morgan fingerprint density at radius 2 is 1.64 bits per heavy atom. The molecule has 0 fully saturated rings. The Balaban J connectivity index is 1.82. The molecule has 0 radical (unpaired) electrons. The summed E-state index contributed by atoms with van der Waals surface area (Å²) in [5.74, 6) is -0.366. The van der Waals surface area contributed by atoms with E-state index in [4.69, 9.17) is 4.74 Å². The Bertz CT molecular complexity index is 719. The number of carbonyl (C=O) groups is 2. The summed E-state index contributed by atoms with van der Waals surface area (Å²) < 4.78 is 4.94. The molecule has 0 aromatic heterocycles. The molecule has 0 unspecified atom stereocenters. The fraction of sp³-hybridized carbons (Fsp3) is 0.300. The summed E-state index contributed by atoms with van der Waals surface area (Å²) in [6.07, 6.45) is 0.355. The Morgan fingerprint density at radius 3 is 2.24 bits per heavy atom. The molecule has 2 aromatic rings. The molecule has 2 aromatic carbocycles. The van der Waals surface area contributed by atoms with Crippen LogP contribution in [-0.4, -0.2) is 25.0 Å². The van der Waals surface area contributed by atoms with Gasteiger partial charge in [0, 0.05) is 24.3 Å². The normalized spacial score (nSPS) is 10.2. The van der Waals surface area contributed by atoms with E-state index < -0.39 is 0 Å². The lowest BCUT2D eigenvalue weighted by molar-refractivity contribution is -0.116. The van der Waals surface area contributed by atoms with Crippen LogP contribution in [0.4, 0.5) is 11.4 Å². The second-order valence-corrected chi connectivity index (χ2v) is 5.79. The minimum Gasteiger partial charge on any atom is -0.462 e. The average Bonchev–Trinajstić information content (AvgIpc) is 2.59. The van der Waals surface area contributed by atoms with E-state index in [2.05, 4.69) is 10.6 Å². The van der Waals surface area contributed by atoms with Crippen molar-refractivity contribution in [2.45, 2.75) is 27.2 Å². The highest BCUT2D eigenvalue weighted by molar-refractivity contribution is 5.92. The third kappa shape index (κ3) is 5.35. The summed E-state index contributed by atoms with van der Waals surface area (Å²) in [7, 11) is 0. The van der Waals surface area contributed by atoms with Crippen molar-refractivity contribution in [3.8, 4) is 0 Å². The monoisotopic (exact) mass is 340 g/mol. The van der Waals surface area contributed by atoms with E-state index in [1.54, 1.807) is 31.2 Å². The second kappa shape index (κ2) is 8.87. The number of amides is 1. The number of aryl methyl sites for hydroxylation is 2. The van der Waals surface area contributed by atoms with Crippen LogP contribution >= 0.6 is 0 Å². The van der Waals surface area contributed by atoms with Crippen LogP contribution < -0.4 is 10.6 Å². The number of benzene rings is 2. The fourth-order valence-corrected chi connectivity index (χ4v) is 2.47. The second-order valence-electron chi connectivity index (χ2n) is 5.79. The van der Waals surface area contributed by atoms with Crippen molar-refractivity contribution >= 4 is 23.3 Å². The molecular formula is C20H24N2O3. The number of ether oxygens (including phenoxy) is 1. The molecule has 0 aliphatic rings. The van der Waals surface area contributed by atoms with E-state index in [-0.39, 0.29) is 11.9 Å². The predicted molar refractivity (Wildman–Crippen MR) is 100 cm³/mol. The zero-order valence-corrected chi connectivity index (χ0v) is 14.9. The number of hydrogen-bond donors (Lipinski definition) is 2. The van der Waals surface area contributed by atoms with Crippen LogP contribution in [0.2, 0.25) is 0 Å². The number of nitrogens with one attached hydrogen (secondary N) is 2. The van der Waals surface area contributed by atoms with Crippen molar-refractivity contribution in [2.75, 3.05) is 23.8 Å². The molecule has 5 nitrogen and oxygen atoms in total. The number of anilines is 2. The molecule has 0 spiro atoms. The van der Waals surface area contributed by atoms with Crippen LogP contribution in [0.5, 0.6) is 0 Å². The van der Waals surface area contributed by atoms with Crippen molar-refractivity contribution in [1.29, 1.82) is 0 Å². The van der Waals surface area contributed by atoms with Gasteiger partial charge in [0.15, 0.2) is 0 Å². The standard InChI is InChI=1S/C20H24N2O3/c1-4-25-20(24)16-8-10-17(11-9-16)21-13-12-18(23)22-19-14(2)6-5-7-15(19)3/h5-11,21H,4,12-13H2,1-3H3,(H,22,23). The van der Waals surface area contributed by atoms with Gasteiger partial charge in [-0.05, 0) is 56.2 Å². The van der Waals surface area contributed by atoms with Gasteiger partial charge in [-0.25, -0.2) is 4.79 Å². The largest absolute Gasteiger partial charge is 0.462 e. The van der Waals surface area contributed by atoms with Gasteiger partial charge in [-0.2, -0.15) is 0 Å². The lowest BCUT2D eigenvalue weighted by Crippen LogP contribution is -2.17. The highest BCUT2D eigenvalue weighted by atomic mass is 16.5. The third-order valence-corrected chi connectivity index (χ3v) is 3.82. The van der Waals surface area contributed by atoms with Crippen molar-refractivity contribution in [2.24, 2.45) is 0 Å². The van der Waals surface area contributed by atoms with E-state index in [1.165, 1.54) is 0 Å². The van der Waals surface area contributed by atoms with Crippen molar-refractivity contribution in [1.82, 2.24) is 0 Å². The van der Waals surface area contributed by atoms with E-state index in [9.17, 15) is 9.59 Å². The molecule has 1 amide bonds. The topological polar surface area (TPSA) is 67.4 Å². The maximum Gasteiger partial charge on any atom is 0.338 e. The van der Waals surface area contributed by atoms with Crippen LogP contribution in [0.1, 0.15) is 34.8 Å². The van der Waals surface area contributed by atoms with Crippen LogP contribution in [0.25, 0.3) is 0 Å². The van der Waals surface area contributed by atoms with E-state index in [1.807, 2.05) is 32.0 Å². The van der Waals surface area contributed by atoms with Crippen molar-refractivity contribution in [3.63, 3.8) is 0 Å². The number of rotatable bonds is 7. The van der Waals surface area contributed by atoms with Gasteiger partial charge in [0.25, 0.3) is 0 Å². The number of carbonyl (C=O) groups excluding carboxylic acids is 2. The van der Waals surface area contributed by atoms with Gasteiger partial charge < -0.3 is 15.4 Å². The highest BCUT2D eigenvalue weighted by Crippen LogP contribution is 2.19. The molecule has 132 valence electrons. The highest BCUT2D eigenvalue weighted by Gasteiger charge is 2.08. The van der Waals surface area contributed by atoms with Crippen LogP contribution in [0.15, 0.2) is 42.5 Å². The Morgan fingerprint density at radius 1 is 1.00 bits per heavy atom. The van der Waals surface area contributed by atoms with Crippen molar-refractivity contribution < 1.29 is 14.3 Å². The Labute approximate surface area is 148 Å². The van der Waals surface area contributed by atoms with E-state index in [0.717, 1.165) is 22.5 Å². The molecular weight excluding hydrogens is 316 g/mol. The van der Waals surface area contributed by atoms with Crippen LogP contribution in [0, 0.1) is 13.8 Å². The summed E-state index contributed by atoms with van der Waals surface area (Å²) in [5.41, 5.74) is 4.35. The van der Waals surface area contributed by atoms with E-state index >= 15 is 0 Å². The molecule has 0 atom stereocenters. The van der Waals surface area contributed by atoms with Gasteiger partial charge in [0.1, 0.15) is 0 Å². The number of hydrogen-bond acceptors (Lipinski definition) is 4. The first kappa shape index (κ1) is 18.5. The molecule has 0 saturated carbocycles. The molecule has 25 heavy (non-hydrogen) atoms. The van der Waals surface area contributed by atoms with Crippen LogP contribution in [-0.2, 0) is 9.53 Å². The lowest BCUT2D eigenvalue weighted by atomic mass is 10.1. The molecule has 0 aliphatic heterocycles. The molecule has 0 heterocycles. The maximum absolute atomic E-state index is 12.1. The van der Waals surface area contributed by atoms with Gasteiger partial charge in [0.2, 0.25) is 5.91 Å². The molecule has 2 rings (SSSR count). The lowest BCUT2D eigenvalue weighted by Gasteiger charge is -2.12. The molecule has 0 bridgehead atoms. The summed E-state index contributed by atoms with van der Waals surface area (Å²) in [4.78, 5) is 23.7. The number of para-hydroxylation sites is 1. The zero-order valence-electron chi connectivity index (χ0n) is 14.9. The minimum absolute atomic E-state index is 0.0342. The van der Waals surface area contributed by atoms with Gasteiger partial charge >= 0.3 is 5.97 Å². The minimum atomic E-state index is -0.331. The average molecular weight is 340 g/mol. The molecule has 0 saturated heterocycles. The first-order valence-corrected chi connectivity index (χ1v) is 8.38. The summed E-state index contributed by atoms with van der Waals surface area (Å²) in [6.45, 7) is 6.60. The van der Waals surface area contributed by atoms with Crippen LogP contribution in [0.3, 0.4) is 0 Å². The smallest absolute Gasteiger partial charge is 0.338 e. The predicted octanol–water partition coefficient (Wildman–Crippen LogP) is 3.92. The summed E-state index contributed by atoms with van der Waals surface area (Å²) >= 11 is 0. The van der Waals surface area contributed by atoms with Gasteiger partial charge in [-0.1, -0.05) is 18.2 Å². The summed E-state index contributed by atoms with van der Waals surface area (Å²) in [6, 6.07) is 12.9. The zero-order chi connectivity index (χ0) is 18.2. The third-order valence-electron chi connectivity index (χ3n) is 3.82. The molecule has 0 aliphatic carbocycles. The summed E-state index contributed by atoms with van der Waals surface area (Å²) in [5, 5.41) is 6.14. The van der Waals surface area contributed by atoms with E-state index in [0.29, 0.717) is 25.1 Å². The van der Waals surface area contributed by atoms with Gasteiger partial charge in [-0.15, -0.1) is 0 Å². The molecule has 5 heteroatoms. The van der Waals surface area contributed by atoms with Crippen molar-refractivity contribution in [3.05, 3.63) is 59.2 Å². The first-order valence-electron chi connectivity index (χ1n) is 8.38. The SMILES string of the molecule is CCOC(=O)c1ccc(NCCC(=O)Nc2c(C)cccc2C)cc1. The molecule has 2 N–H and O–H groups in total. The Hall–Kier alpha value is -2.82. The maximum atomic E-state index is 12.1. The van der Waals surface area contributed by atoms with Gasteiger partial charge in [0.05, 0.1) is 12.2 Å². The Kier molecular flexibility index (Phi) is 6.57.